The minimum atomic E-state index is -4.15. The van der Waals surface area contributed by atoms with Gasteiger partial charge >= 0.3 is 6.18 Å². The lowest BCUT2D eigenvalue weighted by Gasteiger charge is -2.24. The van der Waals surface area contributed by atoms with Gasteiger partial charge in [0.15, 0.2) is 0 Å². The van der Waals surface area contributed by atoms with Crippen molar-refractivity contribution in [3.05, 3.63) is 47.7 Å². The number of rotatable bonds is 5. The Morgan fingerprint density at radius 2 is 2.18 bits per heavy atom. The van der Waals surface area contributed by atoms with Gasteiger partial charge in [-0.3, -0.25) is 9.78 Å². The summed E-state index contributed by atoms with van der Waals surface area (Å²) < 4.78 is 38.7. The number of pyridine rings is 1. The minimum Gasteiger partial charge on any atom is -0.349 e. The van der Waals surface area contributed by atoms with Crippen LogP contribution in [-0.4, -0.2) is 29.7 Å². The molecule has 1 aliphatic carbocycles. The lowest BCUT2D eigenvalue weighted by atomic mass is 9.85. The molecular weight excluding hydrogens is 367 g/mol. The topological polar surface area (TPSA) is 68.0 Å². The second kappa shape index (κ2) is 8.31. The molecule has 2 aromatic rings. The van der Waals surface area contributed by atoms with Crippen molar-refractivity contribution in [2.75, 3.05) is 6.54 Å². The van der Waals surface area contributed by atoms with Crippen LogP contribution in [0.4, 0.5) is 13.2 Å². The van der Waals surface area contributed by atoms with Crippen molar-refractivity contribution in [3.8, 4) is 0 Å². The molecule has 28 heavy (non-hydrogen) atoms. The number of hydrogen-bond acceptors (Lipinski definition) is 3. The van der Waals surface area contributed by atoms with Gasteiger partial charge in [-0.1, -0.05) is 24.3 Å². The van der Waals surface area contributed by atoms with Gasteiger partial charge in [0.05, 0.1) is 17.0 Å². The number of benzene rings is 1. The molecule has 150 valence electrons. The molecule has 0 fully saturated rings. The highest BCUT2D eigenvalue weighted by atomic mass is 19.4. The maximum absolute atomic E-state index is 12.9. The number of halogens is 3. The van der Waals surface area contributed by atoms with Crippen molar-refractivity contribution < 1.29 is 18.0 Å². The van der Waals surface area contributed by atoms with Gasteiger partial charge in [-0.25, -0.2) is 0 Å². The first-order chi connectivity index (χ1) is 13.3. The number of hydrogen-bond donors (Lipinski definition) is 2. The standard InChI is InChI=1S/C21H24F3N3O/c1-13(9-10-25)27-20(28)16-11-15-3-2-4-18(19(15)26-12-16)14-5-7-17(8-6-14)21(22,23)24/h2-5,11-13,17H,6-10,25H2,1H3,(H,27,28)/t13-,17?/m1/s1. The molecule has 4 nitrogen and oxygen atoms in total. The Hall–Kier alpha value is -2.41. The molecule has 0 saturated carbocycles. The number of alkyl halides is 3. The van der Waals surface area contributed by atoms with Crippen molar-refractivity contribution in [1.82, 2.24) is 10.3 Å². The molecule has 0 saturated heterocycles. The summed E-state index contributed by atoms with van der Waals surface area (Å²) in [7, 11) is 0. The van der Waals surface area contributed by atoms with Crippen LogP contribution in [0.25, 0.3) is 16.5 Å². The summed E-state index contributed by atoms with van der Waals surface area (Å²) in [6, 6.07) is 7.30. The predicted octanol–water partition coefficient (Wildman–Crippen LogP) is 4.45. The lowest BCUT2D eigenvalue weighted by Crippen LogP contribution is -2.34. The molecule has 2 atom stereocenters. The highest BCUT2D eigenvalue weighted by Gasteiger charge is 2.39. The summed E-state index contributed by atoms with van der Waals surface area (Å²) in [5.41, 5.74) is 8.37. The normalized spacial score (nSPS) is 18.6. The van der Waals surface area contributed by atoms with Gasteiger partial charge in [-0.15, -0.1) is 0 Å². The fourth-order valence-electron chi connectivity index (χ4n) is 3.55. The number of nitrogens with two attached hydrogens (primary N) is 1. The number of nitrogens with one attached hydrogen (secondary N) is 1. The summed E-state index contributed by atoms with van der Waals surface area (Å²) in [6.45, 7) is 2.38. The Kier molecular flexibility index (Phi) is 6.03. The maximum atomic E-state index is 12.9. The molecule has 1 aliphatic rings. The van der Waals surface area contributed by atoms with Crippen molar-refractivity contribution in [2.45, 2.75) is 44.8 Å². The van der Waals surface area contributed by atoms with Gasteiger partial charge < -0.3 is 11.1 Å². The van der Waals surface area contributed by atoms with Crippen LogP contribution >= 0.6 is 0 Å². The van der Waals surface area contributed by atoms with Crippen molar-refractivity contribution in [1.29, 1.82) is 0 Å². The molecule has 1 aromatic carbocycles. The quantitative estimate of drug-likeness (QED) is 0.791. The molecular formula is C21H24F3N3O. The molecule has 0 aliphatic heterocycles. The molecule has 1 aromatic heterocycles. The number of allylic oxidation sites excluding steroid dienone is 2. The number of carbonyl (C=O) groups excluding carboxylic acids is 1. The lowest BCUT2D eigenvalue weighted by molar-refractivity contribution is -0.175. The number of amides is 1. The Labute approximate surface area is 162 Å². The van der Waals surface area contributed by atoms with Crippen LogP contribution in [0, 0.1) is 5.92 Å². The third kappa shape index (κ3) is 4.52. The van der Waals surface area contributed by atoms with E-state index in [1.807, 2.05) is 25.1 Å². The van der Waals surface area contributed by atoms with Crippen molar-refractivity contribution >= 4 is 22.4 Å². The van der Waals surface area contributed by atoms with Crippen LogP contribution in [0.15, 0.2) is 36.5 Å². The van der Waals surface area contributed by atoms with Crippen LogP contribution in [0.5, 0.6) is 0 Å². The number of fused-ring (bicyclic) bond motifs is 1. The van der Waals surface area contributed by atoms with E-state index in [9.17, 15) is 18.0 Å². The molecule has 3 N–H and O–H groups in total. The SMILES string of the molecule is C[C@H](CCN)NC(=O)c1cnc2c(C3=CCC(C(F)(F)F)CC3)cccc2c1. The highest BCUT2D eigenvalue weighted by molar-refractivity contribution is 5.99. The Bertz CT molecular complexity index is 892. The van der Waals surface area contributed by atoms with Crippen molar-refractivity contribution in [2.24, 2.45) is 11.7 Å². The van der Waals surface area contributed by atoms with Gasteiger partial charge in [0.25, 0.3) is 5.91 Å². The van der Waals surface area contributed by atoms with Crippen LogP contribution < -0.4 is 11.1 Å². The molecule has 3 rings (SSSR count). The second-order valence-corrected chi connectivity index (χ2v) is 7.30. The van der Waals surface area contributed by atoms with E-state index >= 15 is 0 Å². The van der Waals surface area contributed by atoms with E-state index in [-0.39, 0.29) is 24.8 Å². The van der Waals surface area contributed by atoms with Gasteiger partial charge in [0.1, 0.15) is 0 Å². The Balaban J connectivity index is 1.85. The van der Waals surface area contributed by atoms with E-state index in [1.54, 1.807) is 12.1 Å². The third-order valence-electron chi connectivity index (χ3n) is 5.17. The first-order valence-electron chi connectivity index (χ1n) is 9.45. The Morgan fingerprint density at radius 3 is 2.82 bits per heavy atom. The summed E-state index contributed by atoms with van der Waals surface area (Å²) in [6.07, 6.45) is 0.168. The Morgan fingerprint density at radius 1 is 1.39 bits per heavy atom. The van der Waals surface area contributed by atoms with E-state index in [0.717, 1.165) is 16.5 Å². The summed E-state index contributed by atoms with van der Waals surface area (Å²) in [5, 5.41) is 3.67. The third-order valence-corrected chi connectivity index (χ3v) is 5.17. The second-order valence-electron chi connectivity index (χ2n) is 7.30. The van der Waals surface area contributed by atoms with Gasteiger partial charge in [0, 0.05) is 23.2 Å². The highest BCUT2D eigenvalue weighted by Crippen LogP contribution is 2.40. The number of aromatic nitrogens is 1. The zero-order chi connectivity index (χ0) is 20.3. The molecule has 0 spiro atoms. The van der Waals surface area contributed by atoms with E-state index in [0.29, 0.717) is 30.5 Å². The maximum Gasteiger partial charge on any atom is 0.392 e. The van der Waals surface area contributed by atoms with Crippen LogP contribution in [-0.2, 0) is 0 Å². The first kappa shape index (κ1) is 20.3. The summed E-state index contributed by atoms with van der Waals surface area (Å²) >= 11 is 0. The van der Waals surface area contributed by atoms with E-state index in [2.05, 4.69) is 10.3 Å². The first-order valence-corrected chi connectivity index (χ1v) is 9.45. The van der Waals surface area contributed by atoms with Gasteiger partial charge in [-0.05, 0) is 50.8 Å². The van der Waals surface area contributed by atoms with E-state index in [4.69, 9.17) is 5.73 Å². The molecule has 1 unspecified atom stereocenters. The molecule has 0 radical (unpaired) electrons. The van der Waals surface area contributed by atoms with Gasteiger partial charge in [0.2, 0.25) is 0 Å². The fraction of sp³-hybridized carbons (Fsp3) is 0.429. The average molecular weight is 391 g/mol. The summed E-state index contributed by atoms with van der Waals surface area (Å²) in [5.74, 6) is -1.49. The number of carbonyl (C=O) groups is 1. The average Bonchev–Trinajstić information content (AvgIpc) is 2.66. The van der Waals surface area contributed by atoms with Crippen molar-refractivity contribution in [3.63, 3.8) is 0 Å². The monoisotopic (exact) mass is 391 g/mol. The van der Waals surface area contributed by atoms with Crippen LogP contribution in [0.3, 0.4) is 0 Å². The smallest absolute Gasteiger partial charge is 0.349 e. The van der Waals surface area contributed by atoms with Crippen LogP contribution in [0.1, 0.15) is 48.5 Å². The fourth-order valence-corrected chi connectivity index (χ4v) is 3.55. The zero-order valence-electron chi connectivity index (χ0n) is 15.7. The molecule has 1 amide bonds. The van der Waals surface area contributed by atoms with E-state index in [1.165, 1.54) is 6.20 Å². The predicted molar refractivity (Wildman–Crippen MR) is 104 cm³/mol. The zero-order valence-corrected chi connectivity index (χ0v) is 15.7. The minimum absolute atomic E-state index is 0.00522. The molecule has 7 heteroatoms. The number of nitrogens with zero attached hydrogens (tertiary/aromatic N) is 1. The largest absolute Gasteiger partial charge is 0.392 e. The summed E-state index contributed by atoms with van der Waals surface area (Å²) in [4.78, 5) is 16.8. The van der Waals surface area contributed by atoms with E-state index < -0.39 is 12.1 Å². The molecule has 0 bridgehead atoms. The van der Waals surface area contributed by atoms with Gasteiger partial charge in [-0.2, -0.15) is 13.2 Å². The van der Waals surface area contributed by atoms with Crippen LogP contribution in [0.2, 0.25) is 0 Å². The number of para-hydroxylation sites is 1. The molecule has 1 heterocycles.